The monoisotopic (exact) mass is 590 g/mol. The molecule has 0 radical (unpaired) electrons. The summed E-state index contributed by atoms with van der Waals surface area (Å²) >= 11 is 0. The van der Waals surface area contributed by atoms with Crippen LogP contribution in [0.25, 0.3) is 5.65 Å². The number of fused-ring (bicyclic) bond motifs is 1. The van der Waals surface area contributed by atoms with E-state index in [1.807, 2.05) is 0 Å². The maximum absolute atomic E-state index is 13.7. The van der Waals surface area contributed by atoms with Crippen molar-refractivity contribution in [3.05, 3.63) is 41.1 Å². The topological polar surface area (TPSA) is 140 Å². The van der Waals surface area contributed by atoms with Crippen LogP contribution in [-0.4, -0.2) is 81.2 Å². The molecule has 0 aromatic carbocycles. The molecule has 12 nitrogen and oxygen atoms in total. The van der Waals surface area contributed by atoms with Crippen LogP contribution in [0.3, 0.4) is 0 Å². The zero-order valence-electron chi connectivity index (χ0n) is 23.1. The fourth-order valence-electron chi connectivity index (χ4n) is 3.87. The molecule has 4 heterocycles. The molecule has 1 aliphatic rings. The fourth-order valence-corrected chi connectivity index (χ4v) is 3.87. The van der Waals surface area contributed by atoms with Gasteiger partial charge in [-0.2, -0.15) is 18.3 Å². The van der Waals surface area contributed by atoms with Crippen LogP contribution in [0.1, 0.15) is 60.2 Å². The van der Waals surface area contributed by atoms with Gasteiger partial charge in [-0.05, 0) is 36.6 Å². The molecular formula is C24H31F5N8O4. The molecule has 3 aromatic rings. The summed E-state index contributed by atoms with van der Waals surface area (Å²) in [4.78, 5) is 30.1. The predicted molar refractivity (Wildman–Crippen MR) is 133 cm³/mol. The number of carbonyl (C=O) groups excluding carboxylic acids is 2. The molecule has 3 aromatic heterocycles. The standard InChI is InChI=1S/C22H25F5N8O3.C2H6O/c1-12-17(33-38-32-12)18(36)31-14(4-5-20(2,3)22(25,26)27)15-9-35-16(30-15)6-13(7-29-35)8-34-11-21(23,24)10-28-19(34)37;1-3-2/h6-7,9,14H,4-5,8,10-11H2,1-3H3,(H,28,37)(H,31,36);1-2H3. The van der Waals surface area contributed by atoms with E-state index in [4.69, 9.17) is 0 Å². The number of urea groups is 1. The minimum atomic E-state index is -4.47. The first kappa shape index (κ1) is 31.6. The number of nitrogens with zero attached hydrogens (tertiary/aromatic N) is 6. The molecule has 0 bridgehead atoms. The number of hydrogen-bond donors (Lipinski definition) is 2. The minimum absolute atomic E-state index is 0.120. The largest absolute Gasteiger partial charge is 0.393 e. The molecule has 41 heavy (non-hydrogen) atoms. The first-order valence-corrected chi connectivity index (χ1v) is 12.4. The number of ether oxygens (including phenoxy) is 1. The lowest BCUT2D eigenvalue weighted by molar-refractivity contribution is -0.214. The predicted octanol–water partition coefficient (Wildman–Crippen LogP) is 3.68. The third kappa shape index (κ3) is 7.86. The second kappa shape index (κ2) is 12.3. The van der Waals surface area contributed by atoms with Crippen molar-refractivity contribution >= 4 is 17.6 Å². The molecular weight excluding hydrogens is 559 g/mol. The minimum Gasteiger partial charge on any atom is -0.388 e. The lowest BCUT2D eigenvalue weighted by Crippen LogP contribution is -2.56. The van der Waals surface area contributed by atoms with Crippen LogP contribution in [0.15, 0.2) is 23.1 Å². The van der Waals surface area contributed by atoms with Gasteiger partial charge < -0.3 is 20.3 Å². The molecule has 0 spiro atoms. The number of alkyl halides is 5. The van der Waals surface area contributed by atoms with Gasteiger partial charge in [0.15, 0.2) is 11.3 Å². The Morgan fingerprint density at radius 1 is 1.27 bits per heavy atom. The normalized spacial score (nSPS) is 16.1. The number of methoxy groups -OCH3 is 1. The van der Waals surface area contributed by atoms with Crippen molar-refractivity contribution in [3.63, 3.8) is 0 Å². The first-order chi connectivity index (χ1) is 19.1. The van der Waals surface area contributed by atoms with Gasteiger partial charge in [-0.15, -0.1) is 0 Å². The van der Waals surface area contributed by atoms with E-state index in [1.54, 1.807) is 14.2 Å². The number of aromatic nitrogens is 5. The Balaban J connectivity index is 0.00000147. The van der Waals surface area contributed by atoms with Crippen LogP contribution < -0.4 is 10.6 Å². The molecule has 3 amide bonds. The van der Waals surface area contributed by atoms with Gasteiger partial charge >= 0.3 is 12.2 Å². The zero-order chi connectivity index (χ0) is 30.6. The second-order valence-corrected chi connectivity index (χ2v) is 10.3. The van der Waals surface area contributed by atoms with Gasteiger partial charge in [0.05, 0.1) is 42.6 Å². The molecule has 1 fully saturated rings. The number of aryl methyl sites for hydroxylation is 1. The number of halogens is 5. The van der Waals surface area contributed by atoms with E-state index in [-0.39, 0.29) is 42.1 Å². The van der Waals surface area contributed by atoms with Gasteiger partial charge in [0, 0.05) is 20.8 Å². The lowest BCUT2D eigenvalue weighted by Gasteiger charge is -2.32. The Morgan fingerprint density at radius 2 is 1.95 bits per heavy atom. The number of carbonyl (C=O) groups is 2. The van der Waals surface area contributed by atoms with Crippen molar-refractivity contribution < 1.29 is 40.9 Å². The highest BCUT2D eigenvalue weighted by molar-refractivity contribution is 5.93. The molecule has 4 rings (SSSR count). The van der Waals surface area contributed by atoms with Crippen LogP contribution >= 0.6 is 0 Å². The highest BCUT2D eigenvalue weighted by Crippen LogP contribution is 2.42. The Kier molecular flexibility index (Phi) is 9.51. The maximum atomic E-state index is 13.7. The Bertz CT molecular complexity index is 1360. The van der Waals surface area contributed by atoms with Crippen molar-refractivity contribution in [3.8, 4) is 0 Å². The van der Waals surface area contributed by atoms with Gasteiger partial charge in [0.25, 0.3) is 11.8 Å². The van der Waals surface area contributed by atoms with E-state index in [2.05, 4.69) is 40.4 Å². The maximum Gasteiger partial charge on any atom is 0.393 e. The van der Waals surface area contributed by atoms with Crippen LogP contribution in [0.5, 0.6) is 0 Å². The second-order valence-electron chi connectivity index (χ2n) is 10.3. The molecule has 1 aliphatic heterocycles. The first-order valence-electron chi connectivity index (χ1n) is 12.4. The summed E-state index contributed by atoms with van der Waals surface area (Å²) < 4.78 is 78.0. The van der Waals surface area contributed by atoms with Crippen molar-refractivity contribution in [1.29, 1.82) is 0 Å². The van der Waals surface area contributed by atoms with E-state index < -0.39 is 48.6 Å². The Labute approximate surface area is 231 Å². The van der Waals surface area contributed by atoms with Gasteiger partial charge in [0.2, 0.25) is 0 Å². The smallest absolute Gasteiger partial charge is 0.388 e. The summed E-state index contributed by atoms with van der Waals surface area (Å²) in [6.45, 7) is 1.95. The quantitative estimate of drug-likeness (QED) is 0.379. The number of rotatable bonds is 8. The highest BCUT2D eigenvalue weighted by Gasteiger charge is 2.47. The van der Waals surface area contributed by atoms with E-state index in [0.717, 1.165) is 18.7 Å². The van der Waals surface area contributed by atoms with E-state index in [9.17, 15) is 31.5 Å². The van der Waals surface area contributed by atoms with Crippen LogP contribution in [0.4, 0.5) is 26.7 Å². The molecule has 2 N–H and O–H groups in total. The van der Waals surface area contributed by atoms with E-state index in [1.165, 1.54) is 29.9 Å². The van der Waals surface area contributed by atoms with Crippen LogP contribution in [0, 0.1) is 12.3 Å². The van der Waals surface area contributed by atoms with Gasteiger partial charge in [-0.1, -0.05) is 19.0 Å². The van der Waals surface area contributed by atoms with Crippen molar-refractivity contribution in [2.75, 3.05) is 27.3 Å². The summed E-state index contributed by atoms with van der Waals surface area (Å²) in [6, 6.07) is -0.0923. The molecule has 0 saturated carbocycles. The van der Waals surface area contributed by atoms with Crippen molar-refractivity contribution in [1.82, 2.24) is 40.4 Å². The highest BCUT2D eigenvalue weighted by atomic mass is 19.4. The number of nitrogens with one attached hydrogen (secondary N) is 2. The molecule has 226 valence electrons. The molecule has 0 aliphatic carbocycles. The van der Waals surface area contributed by atoms with E-state index >= 15 is 0 Å². The van der Waals surface area contributed by atoms with Crippen LogP contribution in [-0.2, 0) is 11.3 Å². The van der Waals surface area contributed by atoms with E-state index in [0.29, 0.717) is 5.56 Å². The molecule has 1 atom stereocenters. The fraction of sp³-hybridized carbons (Fsp3) is 0.583. The summed E-state index contributed by atoms with van der Waals surface area (Å²) in [5.41, 5.74) is -1.09. The van der Waals surface area contributed by atoms with Gasteiger partial charge in [-0.3, -0.25) is 4.79 Å². The average Bonchev–Trinajstić information content (AvgIpc) is 3.49. The molecule has 1 saturated heterocycles. The third-order valence-corrected chi connectivity index (χ3v) is 6.33. The van der Waals surface area contributed by atoms with Crippen molar-refractivity contribution in [2.24, 2.45) is 5.41 Å². The average molecular weight is 591 g/mol. The Hall–Kier alpha value is -3.89. The SMILES string of the molecule is COC.Cc1nonc1C(=O)NC(CCC(C)(C)C(F)(F)F)c1cn2ncc(CN3CC(F)(F)CNC3=O)cc2n1. The summed E-state index contributed by atoms with van der Waals surface area (Å²) in [7, 11) is 3.25. The summed E-state index contributed by atoms with van der Waals surface area (Å²) in [5, 5.41) is 16.0. The Morgan fingerprint density at radius 3 is 2.56 bits per heavy atom. The summed E-state index contributed by atoms with van der Waals surface area (Å²) in [6.07, 6.45) is -2.12. The zero-order valence-corrected chi connectivity index (χ0v) is 23.1. The van der Waals surface area contributed by atoms with Crippen molar-refractivity contribution in [2.45, 2.75) is 58.3 Å². The number of imidazole rings is 1. The van der Waals surface area contributed by atoms with Gasteiger partial charge in [-0.25, -0.2) is 27.7 Å². The number of hydrogen-bond acceptors (Lipinski definition) is 8. The molecule has 17 heteroatoms. The lowest BCUT2D eigenvalue weighted by atomic mass is 9.85. The number of amides is 3. The third-order valence-electron chi connectivity index (χ3n) is 6.33. The summed E-state index contributed by atoms with van der Waals surface area (Å²) in [5.74, 6) is -3.79. The van der Waals surface area contributed by atoms with Gasteiger partial charge in [0.1, 0.15) is 5.69 Å². The molecule has 1 unspecified atom stereocenters. The van der Waals surface area contributed by atoms with Crippen LogP contribution in [0.2, 0.25) is 0 Å².